The highest BCUT2D eigenvalue weighted by molar-refractivity contribution is 6.30. The second kappa shape index (κ2) is 15.0. The Morgan fingerprint density at radius 3 is 2.41 bits per heavy atom. The van der Waals surface area contributed by atoms with Gasteiger partial charge in [0.05, 0.1) is 26.7 Å². The van der Waals surface area contributed by atoms with Gasteiger partial charge in [-0.3, -0.25) is 9.59 Å². The maximum absolute atomic E-state index is 14.0. The standard InChI is InChI=1S/C33H45ClN2O8/c1-9-41-28(37)19-27-30(38)36(20-32(2,3)4)25-14-11-21(34)17-24(25)29(43-27)23-13-12-22(18-26(23)40-8)42-16-10-15-35-31(39)44-33(5,6)7/h11-14,17-18,27,29H,9-10,15-16,19-20H2,1-8H3,(H,35,39). The van der Waals surface area contributed by atoms with E-state index in [1.807, 2.05) is 26.8 Å². The SMILES string of the molecule is CCOC(=O)CC1OC(c2ccc(OCCCNC(=O)OC(C)(C)C)cc2OC)c2cc(Cl)ccc2N(CC(C)(C)C)C1=O. The number of hydrogen-bond donors (Lipinski definition) is 1. The molecule has 1 aliphatic rings. The molecule has 2 aromatic carbocycles. The topological polar surface area (TPSA) is 113 Å². The molecule has 11 heteroatoms. The summed E-state index contributed by atoms with van der Waals surface area (Å²) >= 11 is 6.48. The van der Waals surface area contributed by atoms with Gasteiger partial charge < -0.3 is 33.9 Å². The number of hydrogen-bond acceptors (Lipinski definition) is 8. The fourth-order valence-corrected chi connectivity index (χ4v) is 4.90. The van der Waals surface area contributed by atoms with E-state index >= 15 is 0 Å². The second-order valence-corrected chi connectivity index (χ2v) is 13.2. The molecule has 242 valence electrons. The Hall–Kier alpha value is -3.50. The van der Waals surface area contributed by atoms with E-state index in [4.69, 9.17) is 35.3 Å². The lowest BCUT2D eigenvalue weighted by Gasteiger charge is -2.31. The number of carbonyl (C=O) groups excluding carboxylic acids is 3. The molecule has 44 heavy (non-hydrogen) atoms. The summed E-state index contributed by atoms with van der Waals surface area (Å²) in [7, 11) is 1.54. The van der Waals surface area contributed by atoms with Crippen LogP contribution in [0.4, 0.5) is 10.5 Å². The van der Waals surface area contributed by atoms with E-state index in [9.17, 15) is 14.4 Å². The summed E-state index contributed by atoms with van der Waals surface area (Å²) in [5.41, 5.74) is 1.13. The molecule has 2 atom stereocenters. The molecule has 0 aromatic heterocycles. The monoisotopic (exact) mass is 632 g/mol. The molecule has 0 aliphatic carbocycles. The molecule has 2 amide bonds. The van der Waals surface area contributed by atoms with Gasteiger partial charge in [0, 0.05) is 41.0 Å². The van der Waals surface area contributed by atoms with Crippen LogP contribution in [0.3, 0.4) is 0 Å². The van der Waals surface area contributed by atoms with Crippen molar-refractivity contribution in [2.24, 2.45) is 5.41 Å². The van der Waals surface area contributed by atoms with E-state index in [0.717, 1.165) is 0 Å². The Kier molecular flexibility index (Phi) is 11.9. The minimum atomic E-state index is -1.11. The molecule has 2 aromatic rings. The molecular formula is C33H45ClN2O8. The van der Waals surface area contributed by atoms with Crippen molar-refractivity contribution in [3.63, 3.8) is 0 Å². The van der Waals surface area contributed by atoms with E-state index in [1.165, 1.54) is 7.11 Å². The molecule has 10 nitrogen and oxygen atoms in total. The lowest BCUT2D eigenvalue weighted by atomic mass is 9.94. The van der Waals surface area contributed by atoms with Crippen LogP contribution in [0.5, 0.6) is 11.5 Å². The molecule has 0 fully saturated rings. The fraction of sp³-hybridized carbons (Fsp3) is 0.545. The van der Waals surface area contributed by atoms with Crippen molar-refractivity contribution in [3.8, 4) is 11.5 Å². The number of anilines is 1. The number of alkyl carbamates (subject to hydrolysis) is 1. The summed E-state index contributed by atoms with van der Waals surface area (Å²) in [4.78, 5) is 40.1. The average Bonchev–Trinajstić information content (AvgIpc) is 3.01. The lowest BCUT2D eigenvalue weighted by Crippen LogP contribution is -2.44. The lowest BCUT2D eigenvalue weighted by molar-refractivity contribution is -0.151. The first-order valence-corrected chi connectivity index (χ1v) is 15.2. The maximum Gasteiger partial charge on any atom is 0.407 e. The summed E-state index contributed by atoms with van der Waals surface area (Å²) in [6, 6.07) is 10.7. The summed E-state index contributed by atoms with van der Waals surface area (Å²) in [5.74, 6) is 0.160. The maximum atomic E-state index is 14.0. The van der Waals surface area contributed by atoms with E-state index in [1.54, 1.807) is 62.9 Å². The smallest absolute Gasteiger partial charge is 0.407 e. The first kappa shape index (κ1) is 35.0. The zero-order chi connectivity index (χ0) is 32.7. The number of carbonyl (C=O) groups is 3. The largest absolute Gasteiger partial charge is 0.496 e. The van der Waals surface area contributed by atoms with Crippen molar-refractivity contribution in [2.75, 3.05) is 38.3 Å². The summed E-state index contributed by atoms with van der Waals surface area (Å²) in [5, 5.41) is 3.18. The third kappa shape index (κ3) is 10.0. The molecule has 0 bridgehead atoms. The Labute approximate surface area is 265 Å². The first-order valence-electron chi connectivity index (χ1n) is 14.8. The Bertz CT molecular complexity index is 1320. The molecule has 2 unspecified atom stereocenters. The van der Waals surface area contributed by atoms with E-state index < -0.39 is 29.9 Å². The number of methoxy groups -OCH3 is 1. The number of rotatable bonds is 11. The van der Waals surface area contributed by atoms with Crippen LogP contribution in [0.2, 0.25) is 5.02 Å². The average molecular weight is 633 g/mol. The molecule has 1 heterocycles. The Balaban J connectivity index is 1.90. The number of amides is 2. The molecular weight excluding hydrogens is 588 g/mol. The van der Waals surface area contributed by atoms with Crippen LogP contribution in [0.1, 0.15) is 78.5 Å². The number of nitrogens with one attached hydrogen (secondary N) is 1. The van der Waals surface area contributed by atoms with Crippen molar-refractivity contribution in [1.82, 2.24) is 5.32 Å². The normalized spacial score (nSPS) is 16.9. The number of esters is 1. The van der Waals surface area contributed by atoms with Crippen LogP contribution >= 0.6 is 11.6 Å². The molecule has 0 saturated carbocycles. The summed E-state index contributed by atoms with van der Waals surface area (Å²) in [6.07, 6.45) is -2.06. The van der Waals surface area contributed by atoms with Crippen molar-refractivity contribution >= 4 is 35.3 Å². The highest BCUT2D eigenvalue weighted by Gasteiger charge is 2.40. The minimum absolute atomic E-state index is 0.192. The van der Waals surface area contributed by atoms with Gasteiger partial charge in [-0.1, -0.05) is 32.4 Å². The highest BCUT2D eigenvalue weighted by atomic mass is 35.5. The van der Waals surface area contributed by atoms with E-state index in [-0.39, 0.29) is 24.3 Å². The van der Waals surface area contributed by atoms with Gasteiger partial charge in [0.2, 0.25) is 0 Å². The Morgan fingerprint density at radius 1 is 1.05 bits per heavy atom. The molecule has 0 spiro atoms. The van der Waals surface area contributed by atoms with Gasteiger partial charge in [-0.2, -0.15) is 0 Å². The molecule has 0 radical (unpaired) electrons. The van der Waals surface area contributed by atoms with Gasteiger partial charge >= 0.3 is 12.1 Å². The van der Waals surface area contributed by atoms with Crippen LogP contribution in [0.15, 0.2) is 36.4 Å². The fourth-order valence-electron chi connectivity index (χ4n) is 4.72. The zero-order valence-electron chi connectivity index (χ0n) is 27.0. The predicted molar refractivity (Wildman–Crippen MR) is 169 cm³/mol. The first-order chi connectivity index (χ1) is 20.6. The van der Waals surface area contributed by atoms with Gasteiger partial charge in [0.15, 0.2) is 0 Å². The zero-order valence-corrected chi connectivity index (χ0v) is 27.7. The van der Waals surface area contributed by atoms with Crippen LogP contribution in [0.25, 0.3) is 0 Å². The molecule has 1 aliphatic heterocycles. The molecule has 3 rings (SSSR count). The van der Waals surface area contributed by atoms with E-state index in [2.05, 4.69) is 5.32 Å². The van der Waals surface area contributed by atoms with Crippen LogP contribution in [0, 0.1) is 5.41 Å². The van der Waals surface area contributed by atoms with Crippen molar-refractivity contribution < 1.29 is 38.1 Å². The Morgan fingerprint density at radius 2 is 1.77 bits per heavy atom. The number of halogens is 1. The third-order valence-corrected chi connectivity index (χ3v) is 6.68. The second-order valence-electron chi connectivity index (χ2n) is 12.7. The number of fused-ring (bicyclic) bond motifs is 1. The molecule has 0 saturated heterocycles. The van der Waals surface area contributed by atoms with Gasteiger partial charge in [0.25, 0.3) is 5.91 Å². The van der Waals surface area contributed by atoms with Gasteiger partial charge in [-0.15, -0.1) is 0 Å². The van der Waals surface area contributed by atoms with Gasteiger partial charge in [0.1, 0.15) is 29.3 Å². The van der Waals surface area contributed by atoms with Gasteiger partial charge in [-0.25, -0.2) is 4.79 Å². The van der Waals surface area contributed by atoms with Crippen molar-refractivity contribution in [1.29, 1.82) is 0 Å². The number of benzene rings is 2. The summed E-state index contributed by atoms with van der Waals surface area (Å²) in [6.45, 7) is 14.6. The summed E-state index contributed by atoms with van der Waals surface area (Å²) < 4.78 is 28.6. The number of ether oxygens (including phenoxy) is 5. The van der Waals surface area contributed by atoms with Crippen molar-refractivity contribution in [2.45, 2.75) is 79.1 Å². The predicted octanol–water partition coefficient (Wildman–Crippen LogP) is 6.46. The highest BCUT2D eigenvalue weighted by Crippen LogP contribution is 2.44. The number of nitrogens with zero attached hydrogens (tertiary/aromatic N) is 1. The van der Waals surface area contributed by atoms with Gasteiger partial charge in [-0.05, 0) is 69.9 Å². The van der Waals surface area contributed by atoms with E-state index in [0.29, 0.717) is 59.5 Å². The minimum Gasteiger partial charge on any atom is -0.496 e. The molecule has 1 N–H and O–H groups in total. The van der Waals surface area contributed by atoms with Crippen LogP contribution in [-0.2, 0) is 23.8 Å². The third-order valence-electron chi connectivity index (χ3n) is 6.44. The van der Waals surface area contributed by atoms with Crippen LogP contribution in [-0.4, -0.2) is 63.1 Å². The quantitative estimate of drug-likeness (QED) is 0.222. The van der Waals surface area contributed by atoms with Crippen molar-refractivity contribution in [3.05, 3.63) is 52.5 Å². The van der Waals surface area contributed by atoms with Crippen LogP contribution < -0.4 is 19.7 Å².